The van der Waals surface area contributed by atoms with Crippen LogP contribution in [0.25, 0.3) is 0 Å². The molecule has 0 heterocycles. The Morgan fingerprint density at radius 3 is 2.38 bits per heavy atom. The maximum atomic E-state index is 15.3. The average molecular weight is 471 g/mol. The van der Waals surface area contributed by atoms with Crippen LogP contribution < -0.4 is 0 Å². The van der Waals surface area contributed by atoms with Crippen molar-refractivity contribution in [3.8, 4) is 0 Å². The standard InChI is InChI=1S/C32H51FO/c1-3-5-7-9-11-24-12-13-27-22-31(32(33)23-29(27)19-24)28-15-14-26-21-30(17-16-25(26)20-28)34-18-10-8-6-4-2/h22-26,28,30H,3-21H2,1-2H3. The van der Waals surface area contributed by atoms with Gasteiger partial charge >= 0.3 is 0 Å². The fourth-order valence-corrected chi connectivity index (χ4v) is 7.35. The zero-order valence-corrected chi connectivity index (χ0v) is 22.3. The molecule has 1 nitrogen and oxygen atoms in total. The van der Waals surface area contributed by atoms with Gasteiger partial charge in [0.1, 0.15) is 5.82 Å². The first-order chi connectivity index (χ1) is 16.7. The van der Waals surface area contributed by atoms with E-state index in [1.165, 1.54) is 114 Å². The molecule has 1 aromatic rings. The number of ether oxygens (including phenoxy) is 1. The van der Waals surface area contributed by atoms with Crippen molar-refractivity contribution in [2.75, 3.05) is 6.61 Å². The molecule has 4 rings (SSSR count). The molecule has 1 aromatic carbocycles. The second kappa shape index (κ2) is 13.4. The van der Waals surface area contributed by atoms with Crippen LogP contribution in [0, 0.1) is 23.6 Å². The van der Waals surface area contributed by atoms with Crippen LogP contribution >= 0.6 is 0 Å². The van der Waals surface area contributed by atoms with E-state index in [4.69, 9.17) is 4.74 Å². The molecular formula is C32H51FO. The van der Waals surface area contributed by atoms with E-state index in [0.29, 0.717) is 12.0 Å². The lowest BCUT2D eigenvalue weighted by atomic mass is 9.65. The third-order valence-electron chi connectivity index (χ3n) is 9.47. The van der Waals surface area contributed by atoms with Crippen molar-refractivity contribution in [3.05, 3.63) is 34.6 Å². The van der Waals surface area contributed by atoms with E-state index < -0.39 is 0 Å². The monoisotopic (exact) mass is 470 g/mol. The predicted molar refractivity (Wildman–Crippen MR) is 142 cm³/mol. The summed E-state index contributed by atoms with van der Waals surface area (Å²) < 4.78 is 21.6. The van der Waals surface area contributed by atoms with E-state index in [1.807, 2.05) is 6.07 Å². The quantitative estimate of drug-likeness (QED) is 0.276. The Hall–Kier alpha value is -0.890. The molecule has 0 radical (unpaired) electrons. The predicted octanol–water partition coefficient (Wildman–Crippen LogP) is 9.55. The molecule has 0 N–H and O–H groups in total. The summed E-state index contributed by atoms with van der Waals surface area (Å²) in [5, 5.41) is 0. The Bertz CT molecular complexity index is 743. The summed E-state index contributed by atoms with van der Waals surface area (Å²) in [5.41, 5.74) is 3.83. The summed E-state index contributed by atoms with van der Waals surface area (Å²) >= 11 is 0. The van der Waals surface area contributed by atoms with E-state index in [-0.39, 0.29) is 5.82 Å². The molecule has 2 heteroatoms. The molecular weight excluding hydrogens is 419 g/mol. The maximum Gasteiger partial charge on any atom is 0.126 e. The first-order valence-corrected chi connectivity index (χ1v) is 15.1. The first kappa shape index (κ1) is 26.2. The lowest BCUT2D eigenvalue weighted by Crippen LogP contribution is -2.34. The fraction of sp³-hybridized carbons (Fsp3) is 0.812. The summed E-state index contributed by atoms with van der Waals surface area (Å²) in [5.74, 6) is 2.89. The summed E-state index contributed by atoms with van der Waals surface area (Å²) in [6.07, 6.45) is 23.3. The highest BCUT2D eigenvalue weighted by Gasteiger charge is 2.37. The highest BCUT2D eigenvalue weighted by molar-refractivity contribution is 5.37. The molecule has 34 heavy (non-hydrogen) atoms. The molecule has 192 valence electrons. The molecule has 2 saturated carbocycles. The smallest absolute Gasteiger partial charge is 0.126 e. The van der Waals surface area contributed by atoms with Crippen LogP contribution in [0.5, 0.6) is 0 Å². The third kappa shape index (κ3) is 7.08. The Balaban J connectivity index is 1.27. The minimum Gasteiger partial charge on any atom is -0.378 e. The molecule has 2 fully saturated rings. The van der Waals surface area contributed by atoms with Gasteiger partial charge in [0, 0.05) is 6.61 Å². The lowest BCUT2D eigenvalue weighted by molar-refractivity contribution is -0.0164. The van der Waals surface area contributed by atoms with Gasteiger partial charge in [0.25, 0.3) is 0 Å². The van der Waals surface area contributed by atoms with Crippen LogP contribution in [-0.4, -0.2) is 12.7 Å². The van der Waals surface area contributed by atoms with Gasteiger partial charge in [-0.2, -0.15) is 0 Å². The van der Waals surface area contributed by atoms with Crippen LogP contribution in [-0.2, 0) is 17.6 Å². The number of halogens is 1. The van der Waals surface area contributed by atoms with E-state index in [0.717, 1.165) is 42.8 Å². The fourth-order valence-electron chi connectivity index (χ4n) is 7.35. The number of fused-ring (bicyclic) bond motifs is 2. The number of unbranched alkanes of at least 4 members (excludes halogenated alkanes) is 6. The van der Waals surface area contributed by atoms with E-state index in [9.17, 15) is 0 Å². The Morgan fingerprint density at radius 2 is 1.56 bits per heavy atom. The Labute approximate surface area is 209 Å². The first-order valence-electron chi connectivity index (χ1n) is 15.1. The van der Waals surface area contributed by atoms with Gasteiger partial charge in [0.15, 0.2) is 0 Å². The normalized spacial score (nSPS) is 29.0. The van der Waals surface area contributed by atoms with Gasteiger partial charge in [0.05, 0.1) is 6.10 Å². The second-order valence-corrected chi connectivity index (χ2v) is 12.0. The molecule has 5 atom stereocenters. The highest BCUT2D eigenvalue weighted by Crippen LogP contribution is 2.47. The molecule has 0 amide bonds. The Morgan fingerprint density at radius 1 is 0.794 bits per heavy atom. The van der Waals surface area contributed by atoms with Crippen molar-refractivity contribution in [2.45, 2.75) is 141 Å². The van der Waals surface area contributed by atoms with Crippen LogP contribution in [0.3, 0.4) is 0 Å². The highest BCUT2D eigenvalue weighted by atomic mass is 19.1. The zero-order valence-electron chi connectivity index (χ0n) is 22.3. The van der Waals surface area contributed by atoms with Crippen molar-refractivity contribution in [2.24, 2.45) is 17.8 Å². The van der Waals surface area contributed by atoms with Crippen LogP contribution in [0.2, 0.25) is 0 Å². The van der Waals surface area contributed by atoms with Gasteiger partial charge in [-0.25, -0.2) is 4.39 Å². The molecule has 0 aliphatic heterocycles. The van der Waals surface area contributed by atoms with Gasteiger partial charge < -0.3 is 4.74 Å². The summed E-state index contributed by atoms with van der Waals surface area (Å²) in [6, 6.07) is 4.24. The molecule has 3 aliphatic carbocycles. The maximum absolute atomic E-state index is 15.3. The largest absolute Gasteiger partial charge is 0.378 e. The van der Waals surface area contributed by atoms with Gasteiger partial charge in [-0.15, -0.1) is 0 Å². The topological polar surface area (TPSA) is 9.23 Å². The molecule has 0 bridgehead atoms. The van der Waals surface area contributed by atoms with E-state index in [2.05, 4.69) is 19.9 Å². The molecule has 3 aliphatic rings. The number of hydrogen-bond acceptors (Lipinski definition) is 1. The van der Waals surface area contributed by atoms with Gasteiger partial charge in [-0.05, 0) is 111 Å². The van der Waals surface area contributed by atoms with Crippen LogP contribution in [0.15, 0.2) is 12.1 Å². The minimum absolute atomic E-state index is 0.0953. The van der Waals surface area contributed by atoms with Crippen LogP contribution in [0.1, 0.15) is 139 Å². The van der Waals surface area contributed by atoms with Crippen molar-refractivity contribution in [3.63, 3.8) is 0 Å². The second-order valence-electron chi connectivity index (χ2n) is 12.0. The molecule has 0 saturated heterocycles. The lowest BCUT2D eigenvalue weighted by Gasteiger charge is -2.42. The number of rotatable bonds is 12. The summed E-state index contributed by atoms with van der Waals surface area (Å²) in [7, 11) is 0. The summed E-state index contributed by atoms with van der Waals surface area (Å²) in [6.45, 7) is 5.49. The van der Waals surface area contributed by atoms with Crippen molar-refractivity contribution < 1.29 is 9.13 Å². The Kier molecular flexibility index (Phi) is 10.3. The van der Waals surface area contributed by atoms with Crippen LogP contribution in [0.4, 0.5) is 4.39 Å². The molecule has 5 unspecified atom stereocenters. The minimum atomic E-state index is 0.0953. The summed E-state index contributed by atoms with van der Waals surface area (Å²) in [4.78, 5) is 0. The van der Waals surface area contributed by atoms with E-state index >= 15 is 4.39 Å². The van der Waals surface area contributed by atoms with E-state index in [1.54, 1.807) is 0 Å². The van der Waals surface area contributed by atoms with Crippen molar-refractivity contribution >= 4 is 0 Å². The van der Waals surface area contributed by atoms with Crippen molar-refractivity contribution in [1.82, 2.24) is 0 Å². The van der Waals surface area contributed by atoms with Gasteiger partial charge in [0.2, 0.25) is 0 Å². The SMILES string of the molecule is CCCCCCOC1CCC2CC(c3cc4c(cc3F)CC(CCCCCC)CC4)CCC2C1. The number of benzene rings is 1. The average Bonchev–Trinajstić information content (AvgIpc) is 2.85. The van der Waals surface area contributed by atoms with Gasteiger partial charge in [-0.1, -0.05) is 71.3 Å². The number of aryl methyl sites for hydroxylation is 1. The number of hydrogen-bond donors (Lipinski definition) is 0. The zero-order chi connectivity index (χ0) is 23.8. The molecule has 0 spiro atoms. The third-order valence-corrected chi connectivity index (χ3v) is 9.47. The van der Waals surface area contributed by atoms with Crippen molar-refractivity contribution in [1.29, 1.82) is 0 Å². The van der Waals surface area contributed by atoms with Gasteiger partial charge in [-0.3, -0.25) is 0 Å². The molecule has 0 aromatic heterocycles.